The molecule has 1 fully saturated rings. The Morgan fingerprint density at radius 2 is 1.82 bits per heavy atom. The Bertz CT molecular complexity index is 1220. The van der Waals surface area contributed by atoms with E-state index in [1.807, 2.05) is 31.2 Å². The van der Waals surface area contributed by atoms with Gasteiger partial charge in [0.1, 0.15) is 16.7 Å². The van der Waals surface area contributed by atoms with Crippen molar-refractivity contribution in [2.24, 2.45) is 17.8 Å². The van der Waals surface area contributed by atoms with Crippen molar-refractivity contribution in [3.63, 3.8) is 0 Å². The molecule has 40 heavy (non-hydrogen) atoms. The molecule has 218 valence electrons. The highest BCUT2D eigenvalue weighted by atomic mass is 35.5. The van der Waals surface area contributed by atoms with E-state index in [-0.39, 0.29) is 17.1 Å². The third kappa shape index (κ3) is 6.70. The molecular formula is C33H45ClN2O3S. The van der Waals surface area contributed by atoms with Crippen LogP contribution in [0.5, 0.6) is 5.75 Å². The van der Waals surface area contributed by atoms with Gasteiger partial charge in [0, 0.05) is 29.6 Å². The highest BCUT2D eigenvalue weighted by Gasteiger charge is 2.35. The number of aryl methyl sites for hydroxylation is 1. The third-order valence-electron chi connectivity index (χ3n) is 9.63. The molecule has 5 nitrogen and oxygen atoms in total. The van der Waals surface area contributed by atoms with Crippen LogP contribution in [0.15, 0.2) is 36.4 Å². The van der Waals surface area contributed by atoms with Crippen molar-refractivity contribution < 1.29 is 13.7 Å². The van der Waals surface area contributed by atoms with E-state index in [1.165, 1.54) is 36.8 Å². The Morgan fingerprint density at radius 3 is 2.60 bits per heavy atom. The fourth-order valence-corrected chi connectivity index (χ4v) is 7.90. The molecule has 2 bridgehead atoms. The minimum Gasteiger partial charge on any atom is -0.491 e. The van der Waals surface area contributed by atoms with Gasteiger partial charge < -0.3 is 9.64 Å². The van der Waals surface area contributed by atoms with Crippen LogP contribution in [0.3, 0.4) is 0 Å². The standard InChI is InChI=1S/C33H45ClN2O3S/c1-4-5-9-25-17-29(34)14-15-30(25)28-20-36-19-27-12-11-24(27)10-7-6-8-22(2)23(3)40(38)35-33(37)26-13-16-32(39-21-28)31(36)18-26/h13-18,22-24,27-28H,4-12,19-21H2,1-3H3,(H,35,37). The van der Waals surface area contributed by atoms with E-state index in [0.717, 1.165) is 67.6 Å². The van der Waals surface area contributed by atoms with Crippen LogP contribution in [-0.4, -0.2) is 35.1 Å². The monoisotopic (exact) mass is 584 g/mol. The smallest absolute Gasteiger partial charge is 0.263 e. The van der Waals surface area contributed by atoms with Gasteiger partial charge in [0.15, 0.2) is 0 Å². The lowest BCUT2D eigenvalue weighted by Gasteiger charge is -2.41. The fourth-order valence-electron chi connectivity index (χ4n) is 6.66. The maximum Gasteiger partial charge on any atom is 0.263 e. The number of unbranched alkanes of at least 4 members (excludes halogenated alkanes) is 1. The molecule has 2 aromatic rings. The number of hydrogen-bond acceptors (Lipinski definition) is 4. The SMILES string of the molecule is CCCCc1cc(Cl)ccc1C1COc2ccc3cc2N(C1)CC1CCC1CCCCC(C)C(C)S(=O)NC3=O. The fraction of sp³-hybridized carbons (Fsp3) is 0.606. The zero-order chi connectivity index (χ0) is 28.2. The molecule has 2 heterocycles. The number of nitrogens with one attached hydrogen (secondary N) is 1. The number of amides is 1. The zero-order valence-corrected chi connectivity index (χ0v) is 25.9. The number of fused-ring (bicyclic) bond motifs is 2. The second-order valence-electron chi connectivity index (χ2n) is 12.3. The van der Waals surface area contributed by atoms with Crippen LogP contribution in [0.2, 0.25) is 5.02 Å². The molecule has 0 saturated heterocycles. The summed E-state index contributed by atoms with van der Waals surface area (Å²) in [5.41, 5.74) is 4.14. The highest BCUT2D eigenvalue weighted by molar-refractivity contribution is 7.84. The molecule has 5 rings (SSSR count). The Labute approximate surface area is 248 Å². The number of benzene rings is 2. The van der Waals surface area contributed by atoms with Crippen LogP contribution in [0.1, 0.15) is 99.5 Å². The normalized spacial score (nSPS) is 29.4. The number of hydrogen-bond donors (Lipinski definition) is 1. The zero-order valence-electron chi connectivity index (χ0n) is 24.3. The largest absolute Gasteiger partial charge is 0.491 e. The molecule has 2 aromatic carbocycles. The summed E-state index contributed by atoms with van der Waals surface area (Å²) in [6.45, 7) is 8.77. The van der Waals surface area contributed by atoms with E-state index in [9.17, 15) is 9.00 Å². The van der Waals surface area contributed by atoms with Crippen LogP contribution in [0.25, 0.3) is 0 Å². The molecular weight excluding hydrogens is 540 g/mol. The maximum atomic E-state index is 13.3. The highest BCUT2D eigenvalue weighted by Crippen LogP contribution is 2.43. The van der Waals surface area contributed by atoms with E-state index in [2.05, 4.69) is 35.6 Å². The van der Waals surface area contributed by atoms with Gasteiger partial charge in [0.2, 0.25) is 0 Å². The Hall–Kier alpha value is -2.05. The Balaban J connectivity index is 1.48. The van der Waals surface area contributed by atoms with Crippen LogP contribution in [-0.2, 0) is 17.4 Å². The number of rotatable bonds is 4. The first kappa shape index (κ1) is 29.4. The Kier molecular flexibility index (Phi) is 9.78. The van der Waals surface area contributed by atoms with Crippen molar-refractivity contribution >= 4 is 34.2 Å². The van der Waals surface area contributed by atoms with Gasteiger partial charge in [-0.15, -0.1) is 0 Å². The lowest BCUT2D eigenvalue weighted by atomic mass is 9.70. The van der Waals surface area contributed by atoms with Gasteiger partial charge in [0.05, 0.1) is 17.5 Å². The third-order valence-corrected chi connectivity index (χ3v) is 11.4. The van der Waals surface area contributed by atoms with Gasteiger partial charge in [-0.25, -0.2) is 4.21 Å². The second-order valence-corrected chi connectivity index (χ2v) is 14.3. The molecule has 0 aromatic heterocycles. The van der Waals surface area contributed by atoms with Crippen LogP contribution >= 0.6 is 11.6 Å². The van der Waals surface area contributed by atoms with E-state index >= 15 is 0 Å². The lowest BCUT2D eigenvalue weighted by molar-refractivity contribution is 0.0982. The predicted molar refractivity (Wildman–Crippen MR) is 166 cm³/mol. The summed E-state index contributed by atoms with van der Waals surface area (Å²) in [4.78, 5) is 15.7. The van der Waals surface area contributed by atoms with E-state index < -0.39 is 11.0 Å². The van der Waals surface area contributed by atoms with Gasteiger partial charge in [0.25, 0.3) is 5.91 Å². The Morgan fingerprint density at radius 1 is 1.02 bits per heavy atom. The van der Waals surface area contributed by atoms with Gasteiger partial charge in [-0.3, -0.25) is 9.52 Å². The average molecular weight is 585 g/mol. The molecule has 2 aliphatic heterocycles. The van der Waals surface area contributed by atoms with Gasteiger partial charge in [-0.05, 0) is 98.2 Å². The number of nitrogens with zero attached hydrogens (tertiary/aromatic N) is 1. The number of carbonyl (C=O) groups excluding carboxylic acids is 1. The lowest BCUT2D eigenvalue weighted by Crippen LogP contribution is -2.40. The molecule has 3 aliphatic rings. The summed E-state index contributed by atoms with van der Waals surface area (Å²) in [5, 5.41) is 0.697. The second kappa shape index (κ2) is 13.3. The van der Waals surface area contributed by atoms with Crippen molar-refractivity contribution in [3.05, 3.63) is 58.1 Å². The van der Waals surface area contributed by atoms with E-state index in [4.69, 9.17) is 16.3 Å². The molecule has 1 amide bonds. The molecule has 7 heteroatoms. The van der Waals surface area contributed by atoms with Crippen LogP contribution in [0, 0.1) is 17.8 Å². The summed E-state index contributed by atoms with van der Waals surface area (Å²) in [7, 11) is -1.43. The van der Waals surface area contributed by atoms with Crippen molar-refractivity contribution in [1.82, 2.24) is 4.72 Å². The summed E-state index contributed by atoms with van der Waals surface area (Å²) >= 11 is 6.43. The van der Waals surface area contributed by atoms with Gasteiger partial charge in [-0.2, -0.15) is 0 Å². The number of anilines is 1. The summed E-state index contributed by atoms with van der Waals surface area (Å²) in [5.74, 6) is 2.45. The van der Waals surface area contributed by atoms with Crippen molar-refractivity contribution in [3.8, 4) is 5.75 Å². The summed E-state index contributed by atoms with van der Waals surface area (Å²) in [6.07, 6.45) is 10.5. The van der Waals surface area contributed by atoms with E-state index in [1.54, 1.807) is 0 Å². The maximum absolute atomic E-state index is 13.3. The van der Waals surface area contributed by atoms with Crippen molar-refractivity contribution in [2.45, 2.75) is 89.7 Å². The molecule has 1 N–H and O–H groups in total. The molecule has 0 spiro atoms. The molecule has 6 unspecified atom stereocenters. The van der Waals surface area contributed by atoms with Crippen LogP contribution in [0.4, 0.5) is 5.69 Å². The first-order valence-electron chi connectivity index (χ1n) is 15.4. The number of carbonyl (C=O) groups is 1. The first-order valence-corrected chi connectivity index (χ1v) is 16.9. The van der Waals surface area contributed by atoms with Gasteiger partial charge >= 0.3 is 0 Å². The number of ether oxygens (including phenoxy) is 1. The summed E-state index contributed by atoms with van der Waals surface area (Å²) < 4.78 is 22.3. The molecule has 6 atom stereocenters. The minimum absolute atomic E-state index is 0.0870. The first-order chi connectivity index (χ1) is 19.3. The predicted octanol–water partition coefficient (Wildman–Crippen LogP) is 7.68. The molecule has 0 radical (unpaired) electrons. The minimum atomic E-state index is -1.43. The quantitative estimate of drug-likeness (QED) is 0.400. The molecule has 1 aliphatic carbocycles. The molecule has 1 saturated carbocycles. The van der Waals surface area contributed by atoms with Crippen molar-refractivity contribution in [1.29, 1.82) is 0 Å². The van der Waals surface area contributed by atoms with Gasteiger partial charge in [-0.1, -0.05) is 57.2 Å². The van der Waals surface area contributed by atoms with Crippen molar-refractivity contribution in [2.75, 3.05) is 24.6 Å². The van der Waals surface area contributed by atoms with Crippen LogP contribution < -0.4 is 14.4 Å². The number of halogens is 1. The average Bonchev–Trinajstić information content (AvgIpc) is 3.12. The van der Waals surface area contributed by atoms with E-state index in [0.29, 0.717) is 24.0 Å². The topological polar surface area (TPSA) is 58.6 Å². The summed E-state index contributed by atoms with van der Waals surface area (Å²) in [6, 6.07) is 12.0.